The van der Waals surface area contributed by atoms with Crippen molar-refractivity contribution in [3.63, 3.8) is 0 Å². The Morgan fingerprint density at radius 3 is 2.60 bits per heavy atom. The van der Waals surface area contributed by atoms with Gasteiger partial charge in [0.2, 0.25) is 0 Å². The smallest absolute Gasteiger partial charge is 0.112 e. The van der Waals surface area contributed by atoms with E-state index >= 15 is 0 Å². The van der Waals surface area contributed by atoms with Gasteiger partial charge >= 0.3 is 0 Å². The van der Waals surface area contributed by atoms with Crippen molar-refractivity contribution in [1.29, 1.82) is 0 Å². The lowest BCUT2D eigenvalue weighted by molar-refractivity contribution is 0.274. The number of benzene rings is 1. The highest BCUT2D eigenvalue weighted by Gasteiger charge is 2.21. The van der Waals surface area contributed by atoms with Gasteiger partial charge in [0.05, 0.1) is 18.0 Å². The molecule has 0 fully saturated rings. The van der Waals surface area contributed by atoms with E-state index in [9.17, 15) is 5.11 Å². The van der Waals surface area contributed by atoms with Gasteiger partial charge in [-0.05, 0) is 37.5 Å². The largest absolute Gasteiger partial charge is 0.390 e. The van der Waals surface area contributed by atoms with Gasteiger partial charge in [-0.15, -0.1) is 5.10 Å². The van der Waals surface area contributed by atoms with E-state index in [1.807, 2.05) is 29.8 Å². The molecule has 2 aromatic rings. The number of nitrogens with zero attached hydrogens (tertiary/aromatic N) is 3. The van der Waals surface area contributed by atoms with Crippen LogP contribution in [0.25, 0.3) is 5.69 Å². The van der Waals surface area contributed by atoms with Crippen LogP contribution in [0.5, 0.6) is 0 Å². The van der Waals surface area contributed by atoms with E-state index in [1.54, 1.807) is 0 Å². The maximum absolute atomic E-state index is 9.50. The number of aromatic nitrogens is 3. The minimum absolute atomic E-state index is 0.0918. The lowest BCUT2D eigenvalue weighted by atomic mass is 9.97. The van der Waals surface area contributed by atoms with Gasteiger partial charge in [-0.3, -0.25) is 0 Å². The van der Waals surface area contributed by atoms with Gasteiger partial charge in [-0.25, -0.2) is 4.68 Å². The summed E-state index contributed by atoms with van der Waals surface area (Å²) in [5, 5.41) is 18.6. The van der Waals surface area contributed by atoms with Crippen LogP contribution < -0.4 is 0 Å². The molecule has 0 unspecified atom stereocenters. The van der Waals surface area contributed by atoms with Gasteiger partial charge in [-0.2, -0.15) is 0 Å². The fourth-order valence-corrected chi connectivity index (χ4v) is 2.69. The van der Waals surface area contributed by atoms with Gasteiger partial charge in [0.15, 0.2) is 0 Å². The summed E-state index contributed by atoms with van der Waals surface area (Å²) >= 11 is 6.19. The Morgan fingerprint density at radius 2 is 2.00 bits per heavy atom. The molecule has 2 rings (SSSR count). The fraction of sp³-hybridized carbons (Fsp3) is 0.467. The lowest BCUT2D eigenvalue weighted by Crippen LogP contribution is -2.10. The monoisotopic (exact) mass is 293 g/mol. The molecular weight excluding hydrogens is 274 g/mol. The summed E-state index contributed by atoms with van der Waals surface area (Å²) in [5.74, 6) is 0.325. The summed E-state index contributed by atoms with van der Waals surface area (Å²) in [6.07, 6.45) is 1.97. The first-order chi connectivity index (χ1) is 9.63. The third kappa shape index (κ3) is 2.58. The third-order valence-corrected chi connectivity index (χ3v) is 4.18. The zero-order chi connectivity index (χ0) is 14.7. The highest BCUT2D eigenvalue weighted by molar-refractivity contribution is 6.31. The Balaban J connectivity index is 2.62. The molecule has 1 N–H and O–H groups in total. The number of rotatable bonds is 5. The molecule has 108 valence electrons. The number of aliphatic hydroxyl groups is 1. The molecule has 1 heterocycles. The molecule has 0 aliphatic carbocycles. The number of halogens is 1. The van der Waals surface area contributed by atoms with E-state index in [2.05, 4.69) is 24.2 Å². The summed E-state index contributed by atoms with van der Waals surface area (Å²) in [6, 6.07) is 5.74. The molecule has 4 nitrogen and oxygen atoms in total. The van der Waals surface area contributed by atoms with Crippen LogP contribution in [-0.2, 0) is 6.61 Å². The van der Waals surface area contributed by atoms with E-state index < -0.39 is 0 Å². The van der Waals surface area contributed by atoms with E-state index in [4.69, 9.17) is 11.6 Å². The van der Waals surface area contributed by atoms with Crippen molar-refractivity contribution < 1.29 is 5.11 Å². The summed E-state index contributed by atoms with van der Waals surface area (Å²) in [6.45, 7) is 6.15. The molecule has 1 aromatic carbocycles. The molecule has 20 heavy (non-hydrogen) atoms. The molecule has 0 bridgehead atoms. The summed E-state index contributed by atoms with van der Waals surface area (Å²) in [4.78, 5) is 0. The number of aliphatic hydroxyl groups excluding tert-OH is 1. The van der Waals surface area contributed by atoms with E-state index in [-0.39, 0.29) is 6.61 Å². The molecule has 0 saturated carbocycles. The lowest BCUT2D eigenvalue weighted by Gasteiger charge is -2.17. The van der Waals surface area contributed by atoms with Gasteiger partial charge in [0.1, 0.15) is 5.69 Å². The number of hydrogen-bond donors (Lipinski definition) is 1. The van der Waals surface area contributed by atoms with Gasteiger partial charge in [0.25, 0.3) is 0 Å². The second-order valence-electron chi connectivity index (χ2n) is 4.89. The van der Waals surface area contributed by atoms with Gasteiger partial charge < -0.3 is 5.11 Å². The van der Waals surface area contributed by atoms with Crippen LogP contribution in [0.1, 0.15) is 49.6 Å². The van der Waals surface area contributed by atoms with Crippen molar-refractivity contribution in [2.45, 2.75) is 46.1 Å². The first-order valence-corrected chi connectivity index (χ1v) is 7.32. The number of hydrogen-bond acceptors (Lipinski definition) is 3. The van der Waals surface area contributed by atoms with Gasteiger partial charge in [-0.1, -0.05) is 36.7 Å². The van der Waals surface area contributed by atoms with Crippen molar-refractivity contribution in [3.05, 3.63) is 40.2 Å². The summed E-state index contributed by atoms with van der Waals surface area (Å²) in [5.41, 5.74) is 3.53. The predicted molar refractivity (Wildman–Crippen MR) is 80.4 cm³/mol. The Kier molecular flexibility index (Phi) is 4.78. The SMILES string of the molecule is CCC(CC)c1c(CO)nnn1-c1cccc(Cl)c1C. The van der Waals surface area contributed by atoms with Gasteiger partial charge in [0, 0.05) is 10.9 Å². The van der Waals surface area contributed by atoms with E-state index in [0.717, 1.165) is 29.8 Å². The Labute approximate surface area is 124 Å². The second-order valence-corrected chi connectivity index (χ2v) is 5.30. The van der Waals surface area contributed by atoms with Crippen LogP contribution in [-0.4, -0.2) is 20.1 Å². The normalized spacial score (nSPS) is 11.3. The minimum Gasteiger partial charge on any atom is -0.390 e. The molecule has 0 atom stereocenters. The van der Waals surface area contributed by atoms with Crippen molar-refractivity contribution in [2.24, 2.45) is 0 Å². The topological polar surface area (TPSA) is 50.9 Å². The molecular formula is C15H20ClN3O. The average molecular weight is 294 g/mol. The van der Waals surface area contributed by atoms with Crippen LogP contribution in [0, 0.1) is 6.92 Å². The third-order valence-electron chi connectivity index (χ3n) is 3.77. The molecule has 1 aromatic heterocycles. The van der Waals surface area contributed by atoms with Crippen LogP contribution in [0.3, 0.4) is 0 Å². The maximum Gasteiger partial charge on any atom is 0.112 e. The van der Waals surface area contributed by atoms with Crippen LogP contribution in [0.2, 0.25) is 5.02 Å². The Hall–Kier alpha value is -1.39. The van der Waals surface area contributed by atoms with Crippen molar-refractivity contribution in [1.82, 2.24) is 15.0 Å². The van der Waals surface area contributed by atoms with Crippen molar-refractivity contribution in [3.8, 4) is 5.69 Å². The minimum atomic E-state index is -0.0918. The zero-order valence-corrected chi connectivity index (χ0v) is 12.9. The first kappa shape index (κ1) is 15.0. The van der Waals surface area contributed by atoms with E-state index in [0.29, 0.717) is 16.6 Å². The van der Waals surface area contributed by atoms with Crippen LogP contribution in [0.4, 0.5) is 0 Å². The molecule has 0 saturated heterocycles. The Bertz CT molecular complexity index is 591. The molecule has 0 aliphatic rings. The quantitative estimate of drug-likeness (QED) is 0.916. The average Bonchev–Trinajstić information content (AvgIpc) is 2.87. The highest BCUT2D eigenvalue weighted by atomic mass is 35.5. The van der Waals surface area contributed by atoms with Crippen LogP contribution in [0.15, 0.2) is 18.2 Å². The predicted octanol–water partition coefficient (Wildman–Crippen LogP) is 3.63. The molecule has 0 radical (unpaired) electrons. The first-order valence-electron chi connectivity index (χ1n) is 6.94. The molecule has 5 heteroatoms. The Morgan fingerprint density at radius 1 is 1.30 bits per heavy atom. The zero-order valence-electron chi connectivity index (χ0n) is 12.1. The highest BCUT2D eigenvalue weighted by Crippen LogP contribution is 2.30. The molecule has 0 spiro atoms. The summed E-state index contributed by atoms with van der Waals surface area (Å²) in [7, 11) is 0. The molecule has 0 amide bonds. The second kappa shape index (κ2) is 6.37. The van der Waals surface area contributed by atoms with Crippen molar-refractivity contribution in [2.75, 3.05) is 0 Å². The standard InChI is InChI=1S/C15H20ClN3O/c1-4-11(5-2)15-13(9-20)17-18-19(15)14-8-6-7-12(16)10(14)3/h6-8,11,20H,4-5,9H2,1-3H3. The van der Waals surface area contributed by atoms with E-state index in [1.165, 1.54) is 0 Å². The summed E-state index contributed by atoms with van der Waals surface area (Å²) < 4.78 is 1.82. The fourth-order valence-electron chi connectivity index (χ4n) is 2.52. The molecule has 0 aliphatic heterocycles. The van der Waals surface area contributed by atoms with Crippen LogP contribution >= 0.6 is 11.6 Å². The maximum atomic E-state index is 9.50. The van der Waals surface area contributed by atoms with Crippen molar-refractivity contribution >= 4 is 11.6 Å².